The van der Waals surface area contributed by atoms with Crippen molar-refractivity contribution in [3.63, 3.8) is 0 Å². The Kier molecular flexibility index (Phi) is 4.60. The first-order chi connectivity index (χ1) is 9.06. The molecule has 98 valence electrons. The van der Waals surface area contributed by atoms with E-state index in [0.29, 0.717) is 11.6 Å². The predicted octanol–water partition coefficient (Wildman–Crippen LogP) is 4.46. The second-order valence-corrected chi connectivity index (χ2v) is 5.50. The second-order valence-electron chi connectivity index (χ2n) is 3.90. The first-order valence-corrected chi connectivity index (χ1v) is 6.94. The van der Waals surface area contributed by atoms with Crippen molar-refractivity contribution in [2.45, 2.75) is 6.54 Å². The summed E-state index contributed by atoms with van der Waals surface area (Å²) in [7, 11) is 0. The average Bonchev–Trinajstić information content (AvgIpc) is 2.38. The van der Waals surface area contributed by atoms with Crippen LogP contribution in [0.5, 0.6) is 0 Å². The van der Waals surface area contributed by atoms with Crippen molar-refractivity contribution in [2.75, 3.05) is 5.32 Å². The molecule has 0 fully saturated rings. The summed E-state index contributed by atoms with van der Waals surface area (Å²) in [6, 6.07) is 12.1. The fourth-order valence-electron chi connectivity index (χ4n) is 1.57. The quantitative estimate of drug-likeness (QED) is 0.478. The van der Waals surface area contributed by atoms with Crippen LogP contribution in [0.1, 0.15) is 5.56 Å². The number of hydrogen-bond donors (Lipinski definition) is 1. The van der Waals surface area contributed by atoms with E-state index in [9.17, 15) is 10.1 Å². The predicted molar refractivity (Wildman–Crippen MR) is 84.6 cm³/mol. The topological polar surface area (TPSA) is 55.2 Å². The van der Waals surface area contributed by atoms with Gasteiger partial charge in [0.1, 0.15) is 0 Å². The molecule has 2 aromatic carbocycles. The summed E-state index contributed by atoms with van der Waals surface area (Å²) in [5.74, 6) is 0. The van der Waals surface area contributed by atoms with Gasteiger partial charge >= 0.3 is 0 Å². The van der Waals surface area contributed by atoms with Gasteiger partial charge in [-0.1, -0.05) is 23.7 Å². The zero-order valence-electron chi connectivity index (χ0n) is 9.77. The lowest BCUT2D eigenvalue weighted by Gasteiger charge is -2.08. The molecule has 19 heavy (non-hydrogen) atoms. The lowest BCUT2D eigenvalue weighted by atomic mass is 10.2. The van der Waals surface area contributed by atoms with Crippen molar-refractivity contribution in [2.24, 2.45) is 0 Å². The normalized spacial score (nSPS) is 10.2. The van der Waals surface area contributed by atoms with E-state index in [1.165, 1.54) is 12.1 Å². The summed E-state index contributed by atoms with van der Waals surface area (Å²) in [4.78, 5) is 10.1. The van der Waals surface area contributed by atoms with Crippen LogP contribution in [-0.4, -0.2) is 4.92 Å². The van der Waals surface area contributed by atoms with Crippen LogP contribution in [-0.2, 0) is 6.54 Å². The van der Waals surface area contributed by atoms with Gasteiger partial charge in [-0.3, -0.25) is 10.1 Å². The molecular weight excluding hydrogens is 379 g/mol. The van der Waals surface area contributed by atoms with Crippen LogP contribution in [0.25, 0.3) is 0 Å². The maximum Gasteiger partial charge on any atom is 0.269 e. The third-order valence-corrected chi connectivity index (χ3v) is 3.69. The zero-order valence-corrected chi connectivity index (χ0v) is 12.7. The fraction of sp³-hybridized carbons (Fsp3) is 0.0769. The molecule has 0 aliphatic carbocycles. The molecule has 0 unspecified atom stereocenters. The Labute approximate surface area is 129 Å². The zero-order chi connectivity index (χ0) is 13.8. The van der Waals surface area contributed by atoms with Crippen molar-refractivity contribution in [1.29, 1.82) is 0 Å². The minimum Gasteiger partial charge on any atom is -0.380 e. The Hall–Kier alpha value is -1.34. The number of nitro groups is 1. The highest BCUT2D eigenvalue weighted by atomic mass is 127. The molecule has 0 atom stereocenters. The number of non-ortho nitro benzene ring substituents is 1. The molecule has 0 amide bonds. The van der Waals surface area contributed by atoms with E-state index in [4.69, 9.17) is 11.6 Å². The van der Waals surface area contributed by atoms with Crippen LogP contribution in [0.15, 0.2) is 42.5 Å². The number of nitrogens with one attached hydrogen (secondary N) is 1. The number of nitrogens with zero attached hydrogens (tertiary/aromatic N) is 1. The van der Waals surface area contributed by atoms with Crippen molar-refractivity contribution >= 4 is 45.6 Å². The van der Waals surface area contributed by atoms with Gasteiger partial charge in [0.05, 0.1) is 4.92 Å². The summed E-state index contributed by atoms with van der Waals surface area (Å²) in [6.45, 7) is 0.607. The SMILES string of the molecule is O=[N+]([O-])c1ccc(CNc2ccc(Cl)cc2I)cc1. The van der Waals surface area contributed by atoms with Gasteiger partial charge in [0, 0.05) is 33.0 Å². The molecule has 1 N–H and O–H groups in total. The highest BCUT2D eigenvalue weighted by molar-refractivity contribution is 14.1. The largest absolute Gasteiger partial charge is 0.380 e. The molecule has 0 aliphatic heterocycles. The molecule has 2 aromatic rings. The van der Waals surface area contributed by atoms with Crippen LogP contribution < -0.4 is 5.32 Å². The van der Waals surface area contributed by atoms with Crippen molar-refractivity contribution in [3.8, 4) is 0 Å². The first-order valence-electron chi connectivity index (χ1n) is 5.48. The van der Waals surface area contributed by atoms with Gasteiger partial charge in [0.15, 0.2) is 0 Å². The summed E-state index contributed by atoms with van der Waals surface area (Å²) in [6.07, 6.45) is 0. The van der Waals surface area contributed by atoms with E-state index in [-0.39, 0.29) is 5.69 Å². The smallest absolute Gasteiger partial charge is 0.269 e. The molecule has 0 spiro atoms. The molecule has 0 bridgehead atoms. The number of anilines is 1. The maximum absolute atomic E-state index is 10.5. The molecule has 0 saturated heterocycles. The van der Waals surface area contributed by atoms with Gasteiger partial charge in [-0.25, -0.2) is 0 Å². The Morgan fingerprint density at radius 3 is 2.47 bits per heavy atom. The number of halogens is 2. The lowest BCUT2D eigenvalue weighted by Crippen LogP contribution is -2.01. The summed E-state index contributed by atoms with van der Waals surface area (Å²) < 4.78 is 1.03. The molecule has 0 radical (unpaired) electrons. The maximum atomic E-state index is 10.5. The van der Waals surface area contributed by atoms with Crippen LogP contribution in [0.4, 0.5) is 11.4 Å². The molecule has 0 aromatic heterocycles. The van der Waals surface area contributed by atoms with Crippen LogP contribution in [0.3, 0.4) is 0 Å². The lowest BCUT2D eigenvalue weighted by molar-refractivity contribution is -0.384. The third-order valence-electron chi connectivity index (χ3n) is 2.56. The van der Waals surface area contributed by atoms with Gasteiger partial charge in [-0.2, -0.15) is 0 Å². The van der Waals surface area contributed by atoms with Gasteiger partial charge < -0.3 is 5.32 Å². The fourth-order valence-corrected chi connectivity index (χ4v) is 2.63. The number of nitro benzene ring substituents is 1. The summed E-state index contributed by atoms with van der Waals surface area (Å²) >= 11 is 8.09. The minimum absolute atomic E-state index is 0.102. The van der Waals surface area contributed by atoms with Gasteiger partial charge in [-0.15, -0.1) is 0 Å². The van der Waals surface area contributed by atoms with Crippen molar-refractivity contribution in [1.82, 2.24) is 0 Å². The van der Waals surface area contributed by atoms with E-state index < -0.39 is 4.92 Å². The van der Waals surface area contributed by atoms with Gasteiger partial charge in [-0.05, 0) is 46.4 Å². The van der Waals surface area contributed by atoms with E-state index in [1.807, 2.05) is 18.2 Å². The Bertz CT molecular complexity index is 602. The van der Waals surface area contributed by atoms with Crippen LogP contribution >= 0.6 is 34.2 Å². The standard InChI is InChI=1S/C13H10ClIN2O2/c14-10-3-6-13(12(15)7-10)16-8-9-1-4-11(5-2-9)17(18)19/h1-7,16H,8H2. The highest BCUT2D eigenvalue weighted by Gasteiger charge is 2.04. The van der Waals surface area contributed by atoms with Gasteiger partial charge in [0.2, 0.25) is 0 Å². The second kappa shape index (κ2) is 6.21. The number of rotatable bonds is 4. The Balaban J connectivity index is 2.04. The van der Waals surface area contributed by atoms with Gasteiger partial charge in [0.25, 0.3) is 5.69 Å². The van der Waals surface area contributed by atoms with E-state index in [2.05, 4.69) is 27.9 Å². The highest BCUT2D eigenvalue weighted by Crippen LogP contribution is 2.23. The summed E-state index contributed by atoms with van der Waals surface area (Å²) in [5, 5.41) is 14.5. The third kappa shape index (κ3) is 3.81. The molecule has 4 nitrogen and oxygen atoms in total. The molecule has 2 rings (SSSR count). The van der Waals surface area contributed by atoms with Crippen LogP contribution in [0.2, 0.25) is 5.02 Å². The van der Waals surface area contributed by atoms with E-state index in [0.717, 1.165) is 14.8 Å². The van der Waals surface area contributed by atoms with Crippen LogP contribution in [0, 0.1) is 13.7 Å². The molecule has 0 heterocycles. The first kappa shape index (κ1) is 14.1. The van der Waals surface area contributed by atoms with E-state index in [1.54, 1.807) is 12.1 Å². The monoisotopic (exact) mass is 388 g/mol. The molecular formula is C13H10ClIN2O2. The minimum atomic E-state index is -0.403. The molecule has 6 heteroatoms. The summed E-state index contributed by atoms with van der Waals surface area (Å²) in [5.41, 5.74) is 2.07. The Morgan fingerprint density at radius 2 is 1.89 bits per heavy atom. The van der Waals surface area contributed by atoms with Crippen molar-refractivity contribution in [3.05, 3.63) is 66.7 Å². The number of benzene rings is 2. The number of hydrogen-bond acceptors (Lipinski definition) is 3. The van der Waals surface area contributed by atoms with Crippen molar-refractivity contribution < 1.29 is 4.92 Å². The molecule has 0 aliphatic rings. The average molecular weight is 389 g/mol. The Morgan fingerprint density at radius 1 is 1.21 bits per heavy atom. The van der Waals surface area contributed by atoms with E-state index >= 15 is 0 Å². The molecule has 0 saturated carbocycles.